The highest BCUT2D eigenvalue weighted by molar-refractivity contribution is 7.92. The molecule has 0 bridgehead atoms. The normalized spacial score (nSPS) is 11.9. The number of rotatable bonds is 11. The van der Waals surface area contributed by atoms with Crippen molar-refractivity contribution in [3.63, 3.8) is 0 Å². The second-order valence-corrected chi connectivity index (χ2v) is 9.33. The van der Waals surface area contributed by atoms with Crippen molar-refractivity contribution in [2.75, 3.05) is 44.9 Å². The number of benzene rings is 2. The van der Waals surface area contributed by atoms with Crippen molar-refractivity contribution < 1.29 is 27.5 Å². The second-order valence-electron chi connectivity index (χ2n) is 7.42. The van der Waals surface area contributed by atoms with Gasteiger partial charge in [0.2, 0.25) is 21.8 Å². The van der Waals surface area contributed by atoms with E-state index < -0.39 is 28.5 Å². The number of sulfonamides is 1. The lowest BCUT2D eigenvalue weighted by Gasteiger charge is -2.31. The van der Waals surface area contributed by atoms with Crippen LogP contribution in [0.15, 0.2) is 48.5 Å². The Kier molecular flexibility index (Phi) is 9.10. The van der Waals surface area contributed by atoms with Gasteiger partial charge >= 0.3 is 0 Å². The van der Waals surface area contributed by atoms with E-state index in [9.17, 15) is 18.0 Å². The largest absolute Gasteiger partial charge is 0.497 e. The number of likely N-dealkylation sites (N-methyl/N-ethyl adjacent to an activating group) is 1. The zero-order valence-electron chi connectivity index (χ0n) is 19.6. The molecule has 0 saturated heterocycles. The molecule has 0 heterocycles. The summed E-state index contributed by atoms with van der Waals surface area (Å²) in [5, 5.41) is 2.55. The first kappa shape index (κ1) is 26.0. The Labute approximate surface area is 195 Å². The molecule has 0 aliphatic carbocycles. The van der Waals surface area contributed by atoms with Gasteiger partial charge in [-0.05, 0) is 31.0 Å². The van der Waals surface area contributed by atoms with E-state index in [1.807, 2.05) is 30.3 Å². The maximum absolute atomic E-state index is 13.4. The Hall–Kier alpha value is -3.27. The summed E-state index contributed by atoms with van der Waals surface area (Å²) in [5.74, 6) is -0.186. The third-order valence-corrected chi connectivity index (χ3v) is 6.36. The maximum atomic E-state index is 13.4. The Bertz CT molecular complexity index is 1060. The number of carbonyl (C=O) groups excluding carboxylic acids is 2. The highest BCUT2D eigenvalue weighted by Crippen LogP contribution is 2.33. The molecular weight excluding hydrogens is 446 g/mol. The van der Waals surface area contributed by atoms with E-state index in [2.05, 4.69) is 5.32 Å². The van der Waals surface area contributed by atoms with Crippen LogP contribution in [0, 0.1) is 0 Å². The molecule has 1 atom stereocenters. The molecule has 9 nitrogen and oxygen atoms in total. The predicted octanol–water partition coefficient (Wildman–Crippen LogP) is 1.68. The van der Waals surface area contributed by atoms with Crippen molar-refractivity contribution in [2.45, 2.75) is 19.4 Å². The predicted molar refractivity (Wildman–Crippen MR) is 127 cm³/mol. The van der Waals surface area contributed by atoms with Crippen LogP contribution in [0.25, 0.3) is 0 Å². The summed E-state index contributed by atoms with van der Waals surface area (Å²) < 4.78 is 36.9. The summed E-state index contributed by atoms with van der Waals surface area (Å²) in [6.45, 7) is 1.35. The number of carbonyl (C=O) groups is 2. The minimum atomic E-state index is -3.87. The van der Waals surface area contributed by atoms with Gasteiger partial charge in [0.05, 0.1) is 26.2 Å². The van der Waals surface area contributed by atoms with Gasteiger partial charge in [0.15, 0.2) is 0 Å². The zero-order valence-corrected chi connectivity index (χ0v) is 20.4. The third kappa shape index (κ3) is 6.85. The summed E-state index contributed by atoms with van der Waals surface area (Å²) in [7, 11) is 0.482. The molecule has 33 heavy (non-hydrogen) atoms. The third-order valence-electron chi connectivity index (χ3n) is 5.23. The molecule has 1 N–H and O–H groups in total. The molecule has 10 heteroatoms. The number of nitrogens with one attached hydrogen (secondary N) is 1. The van der Waals surface area contributed by atoms with Crippen molar-refractivity contribution in [3.8, 4) is 11.5 Å². The topological polar surface area (TPSA) is 105 Å². The lowest BCUT2D eigenvalue weighted by Crippen LogP contribution is -2.51. The maximum Gasteiger partial charge on any atom is 0.244 e. The summed E-state index contributed by atoms with van der Waals surface area (Å²) in [5.41, 5.74) is 1.16. The van der Waals surface area contributed by atoms with Gasteiger partial charge in [0.1, 0.15) is 24.1 Å². The number of ether oxygens (including phenoxy) is 2. The van der Waals surface area contributed by atoms with Crippen LogP contribution in [0.5, 0.6) is 11.5 Å². The number of amides is 2. The quantitative estimate of drug-likeness (QED) is 0.528. The Balaban J connectivity index is 2.39. The average Bonchev–Trinajstić information content (AvgIpc) is 2.81. The minimum absolute atomic E-state index is 0.170. The number of hydrogen-bond acceptors (Lipinski definition) is 6. The van der Waals surface area contributed by atoms with Gasteiger partial charge in [-0.3, -0.25) is 13.9 Å². The summed E-state index contributed by atoms with van der Waals surface area (Å²) >= 11 is 0. The molecule has 0 fully saturated rings. The van der Waals surface area contributed by atoms with Gasteiger partial charge in [0.25, 0.3) is 0 Å². The van der Waals surface area contributed by atoms with E-state index in [-0.39, 0.29) is 23.9 Å². The molecule has 2 aromatic carbocycles. The second kappa shape index (κ2) is 11.6. The van der Waals surface area contributed by atoms with Crippen LogP contribution in [0.1, 0.15) is 12.5 Å². The molecule has 0 aliphatic rings. The Morgan fingerprint density at radius 2 is 1.73 bits per heavy atom. The molecule has 0 spiro atoms. The van der Waals surface area contributed by atoms with Gasteiger partial charge in [-0.15, -0.1) is 0 Å². The van der Waals surface area contributed by atoms with Crippen LogP contribution >= 0.6 is 0 Å². The van der Waals surface area contributed by atoms with Gasteiger partial charge < -0.3 is 19.7 Å². The van der Waals surface area contributed by atoms with Gasteiger partial charge in [0, 0.05) is 19.7 Å². The fraction of sp³-hybridized carbons (Fsp3) is 0.391. The van der Waals surface area contributed by atoms with Crippen molar-refractivity contribution in [2.24, 2.45) is 0 Å². The number of methoxy groups -OCH3 is 2. The number of hydrogen-bond donors (Lipinski definition) is 1. The van der Waals surface area contributed by atoms with E-state index in [0.29, 0.717) is 12.2 Å². The van der Waals surface area contributed by atoms with Crippen LogP contribution in [-0.4, -0.2) is 71.8 Å². The molecule has 2 rings (SSSR count). The Morgan fingerprint density at radius 3 is 2.27 bits per heavy atom. The minimum Gasteiger partial charge on any atom is -0.497 e. The molecule has 0 aliphatic heterocycles. The molecular formula is C23H31N3O6S. The van der Waals surface area contributed by atoms with Crippen molar-refractivity contribution in [1.82, 2.24) is 10.2 Å². The lowest BCUT2D eigenvalue weighted by atomic mass is 10.1. The summed E-state index contributed by atoms with van der Waals surface area (Å²) in [6.07, 6.45) is 1.52. The van der Waals surface area contributed by atoms with Gasteiger partial charge in [-0.25, -0.2) is 8.42 Å². The molecule has 0 radical (unpaired) electrons. The first-order valence-electron chi connectivity index (χ1n) is 10.4. The monoisotopic (exact) mass is 477 g/mol. The standard InChI is InChI=1S/C23H31N3O6S/c1-17(23(28)24-2)25(14-13-18-9-7-6-8-10-18)22(27)16-26(33(5,29)30)20-15-19(31-3)11-12-21(20)32-4/h6-12,15,17H,13-14,16H2,1-5H3,(H,24,28)/t17-/m1/s1. The van der Waals surface area contributed by atoms with E-state index in [0.717, 1.165) is 16.1 Å². The van der Waals surface area contributed by atoms with Crippen LogP contribution in [0.3, 0.4) is 0 Å². The van der Waals surface area contributed by atoms with Crippen molar-refractivity contribution in [3.05, 3.63) is 54.1 Å². The number of nitrogens with zero attached hydrogens (tertiary/aromatic N) is 2. The van der Waals surface area contributed by atoms with E-state index in [1.54, 1.807) is 19.1 Å². The van der Waals surface area contributed by atoms with Crippen LogP contribution in [-0.2, 0) is 26.0 Å². The van der Waals surface area contributed by atoms with Crippen molar-refractivity contribution >= 4 is 27.5 Å². The van der Waals surface area contributed by atoms with Gasteiger partial charge in [-0.2, -0.15) is 0 Å². The molecule has 0 aromatic heterocycles. The van der Waals surface area contributed by atoms with Crippen LogP contribution in [0.2, 0.25) is 0 Å². The first-order valence-corrected chi connectivity index (χ1v) is 12.2. The Morgan fingerprint density at radius 1 is 1.06 bits per heavy atom. The zero-order chi connectivity index (χ0) is 24.6. The molecule has 2 amide bonds. The molecule has 0 unspecified atom stereocenters. The number of anilines is 1. The molecule has 180 valence electrons. The van der Waals surface area contributed by atoms with Crippen molar-refractivity contribution in [1.29, 1.82) is 0 Å². The average molecular weight is 478 g/mol. The van der Waals surface area contributed by atoms with E-state index >= 15 is 0 Å². The van der Waals surface area contributed by atoms with Gasteiger partial charge in [-0.1, -0.05) is 30.3 Å². The molecule has 2 aromatic rings. The van der Waals surface area contributed by atoms with E-state index in [4.69, 9.17) is 9.47 Å². The SMILES string of the molecule is CNC(=O)[C@@H](C)N(CCc1ccccc1)C(=O)CN(c1cc(OC)ccc1OC)S(C)(=O)=O. The highest BCUT2D eigenvalue weighted by Gasteiger charge is 2.30. The van der Waals surface area contributed by atoms with Crippen LogP contribution < -0.4 is 19.1 Å². The summed E-state index contributed by atoms with van der Waals surface area (Å²) in [6, 6.07) is 13.4. The summed E-state index contributed by atoms with van der Waals surface area (Å²) in [4.78, 5) is 27.1. The lowest BCUT2D eigenvalue weighted by molar-refractivity contribution is -0.138. The van der Waals surface area contributed by atoms with E-state index in [1.165, 1.54) is 32.2 Å². The first-order chi connectivity index (χ1) is 15.6. The smallest absolute Gasteiger partial charge is 0.244 e. The molecule has 0 saturated carbocycles. The van der Waals surface area contributed by atoms with Crippen LogP contribution in [0.4, 0.5) is 5.69 Å². The highest BCUT2D eigenvalue weighted by atomic mass is 32.2. The fourth-order valence-corrected chi connectivity index (χ4v) is 4.21. The fourth-order valence-electron chi connectivity index (χ4n) is 3.37.